The first kappa shape index (κ1) is 21.2. The first-order chi connectivity index (χ1) is 15.0. The highest BCUT2D eigenvalue weighted by molar-refractivity contribution is 7.09. The molecule has 1 aliphatic rings. The highest BCUT2D eigenvalue weighted by Gasteiger charge is 2.20. The van der Waals surface area contributed by atoms with Crippen molar-refractivity contribution in [1.82, 2.24) is 15.3 Å². The van der Waals surface area contributed by atoms with Gasteiger partial charge >= 0.3 is 0 Å². The highest BCUT2D eigenvalue weighted by Crippen LogP contribution is 2.31. The predicted molar refractivity (Wildman–Crippen MR) is 120 cm³/mol. The van der Waals surface area contributed by atoms with Gasteiger partial charge in [-0.2, -0.15) is 0 Å². The fourth-order valence-electron chi connectivity index (χ4n) is 3.89. The van der Waals surface area contributed by atoms with E-state index in [-0.39, 0.29) is 18.4 Å². The number of nitrogens with zero attached hydrogens (tertiary/aromatic N) is 2. The molecule has 0 unspecified atom stereocenters. The molecule has 0 saturated heterocycles. The number of thiazole rings is 1. The van der Waals surface area contributed by atoms with Crippen molar-refractivity contribution in [2.75, 3.05) is 5.32 Å². The van der Waals surface area contributed by atoms with Crippen LogP contribution in [-0.2, 0) is 11.3 Å². The van der Waals surface area contributed by atoms with E-state index in [1.54, 1.807) is 5.38 Å². The number of amides is 2. The van der Waals surface area contributed by atoms with Crippen LogP contribution in [-0.4, -0.2) is 21.8 Å². The number of aromatic nitrogens is 2. The summed E-state index contributed by atoms with van der Waals surface area (Å²) in [6, 6.07) is 7.49. The van der Waals surface area contributed by atoms with Crippen molar-refractivity contribution in [3.63, 3.8) is 0 Å². The minimum absolute atomic E-state index is 0.0219. The number of anilines is 1. The highest BCUT2D eigenvalue weighted by atomic mass is 32.1. The molecule has 0 spiro atoms. The van der Waals surface area contributed by atoms with E-state index in [4.69, 9.17) is 4.42 Å². The molecule has 0 atom stereocenters. The molecule has 2 N–H and O–H groups in total. The normalized spacial score (nSPS) is 14.0. The van der Waals surface area contributed by atoms with Crippen molar-refractivity contribution in [1.29, 1.82) is 0 Å². The third kappa shape index (κ3) is 5.19. The number of rotatable bonds is 7. The van der Waals surface area contributed by atoms with E-state index >= 15 is 0 Å². The minimum Gasteiger partial charge on any atom is -0.441 e. The lowest BCUT2D eigenvalue weighted by atomic mass is 10.0. The van der Waals surface area contributed by atoms with E-state index in [2.05, 4.69) is 20.6 Å². The summed E-state index contributed by atoms with van der Waals surface area (Å²) in [5.41, 5.74) is 2.44. The van der Waals surface area contributed by atoms with Gasteiger partial charge in [-0.15, -0.1) is 11.3 Å². The molecule has 1 aliphatic carbocycles. The predicted octanol–water partition coefficient (Wildman–Crippen LogP) is 4.86. The summed E-state index contributed by atoms with van der Waals surface area (Å²) in [5, 5.41) is 8.43. The second-order valence-electron chi connectivity index (χ2n) is 7.90. The molecule has 7 nitrogen and oxygen atoms in total. The lowest BCUT2D eigenvalue weighted by Gasteiger charge is -2.11. The summed E-state index contributed by atoms with van der Waals surface area (Å²) in [5.74, 6) is 1.30. The number of aryl methyl sites for hydroxylation is 2. The first-order valence-corrected chi connectivity index (χ1v) is 11.4. The van der Waals surface area contributed by atoms with Crippen molar-refractivity contribution in [3.8, 4) is 11.5 Å². The quantitative estimate of drug-likeness (QED) is 0.549. The maximum Gasteiger partial charge on any atom is 0.271 e. The van der Waals surface area contributed by atoms with Crippen molar-refractivity contribution < 1.29 is 14.0 Å². The Morgan fingerprint density at radius 3 is 2.68 bits per heavy atom. The van der Waals surface area contributed by atoms with Gasteiger partial charge in [0, 0.05) is 11.8 Å². The topological polar surface area (TPSA) is 97.1 Å². The average molecular weight is 439 g/mol. The summed E-state index contributed by atoms with van der Waals surface area (Å²) in [7, 11) is 0. The van der Waals surface area contributed by atoms with Gasteiger partial charge in [0.25, 0.3) is 5.91 Å². The largest absolute Gasteiger partial charge is 0.441 e. The molecule has 1 saturated carbocycles. The average Bonchev–Trinajstić information content (AvgIpc) is 3.49. The number of oxazole rings is 1. The molecule has 31 heavy (non-hydrogen) atoms. The van der Waals surface area contributed by atoms with E-state index < -0.39 is 0 Å². The fourth-order valence-corrected chi connectivity index (χ4v) is 4.48. The van der Waals surface area contributed by atoms with E-state index in [9.17, 15) is 9.59 Å². The van der Waals surface area contributed by atoms with Crippen LogP contribution in [0.4, 0.5) is 5.69 Å². The Hall–Kier alpha value is -3.00. The van der Waals surface area contributed by atoms with Gasteiger partial charge < -0.3 is 15.1 Å². The number of para-hydroxylation sites is 1. The minimum atomic E-state index is -0.243. The van der Waals surface area contributed by atoms with Crippen LogP contribution in [0.1, 0.15) is 59.1 Å². The van der Waals surface area contributed by atoms with Gasteiger partial charge in [-0.05, 0) is 44.7 Å². The number of carbonyl (C=O) groups is 2. The van der Waals surface area contributed by atoms with Crippen molar-refractivity contribution in [2.45, 2.75) is 52.5 Å². The first-order valence-electron chi connectivity index (χ1n) is 10.6. The van der Waals surface area contributed by atoms with E-state index in [1.165, 1.54) is 24.2 Å². The van der Waals surface area contributed by atoms with E-state index in [0.29, 0.717) is 41.1 Å². The van der Waals surface area contributed by atoms with Crippen LogP contribution < -0.4 is 10.6 Å². The second-order valence-corrected chi connectivity index (χ2v) is 8.97. The second kappa shape index (κ2) is 9.43. The monoisotopic (exact) mass is 438 g/mol. The molecule has 1 aromatic carbocycles. The van der Waals surface area contributed by atoms with Crippen LogP contribution in [0.5, 0.6) is 0 Å². The SMILES string of the molecule is Cc1nc(C(=O)NCc2nc(-c3ccccc3NC(=O)CC3CCCC3)oc2C)cs1. The molecular formula is C23H26N4O3S. The molecule has 2 aromatic heterocycles. The van der Waals surface area contributed by atoms with Crippen LogP contribution in [0, 0.1) is 19.8 Å². The van der Waals surface area contributed by atoms with Crippen LogP contribution in [0.3, 0.4) is 0 Å². The molecule has 162 valence electrons. The Kier molecular flexibility index (Phi) is 6.46. The van der Waals surface area contributed by atoms with Crippen LogP contribution >= 0.6 is 11.3 Å². The fraction of sp³-hybridized carbons (Fsp3) is 0.391. The zero-order valence-electron chi connectivity index (χ0n) is 17.7. The Bertz CT molecular complexity index is 1080. The molecule has 8 heteroatoms. The zero-order chi connectivity index (χ0) is 21.8. The van der Waals surface area contributed by atoms with Crippen LogP contribution in [0.2, 0.25) is 0 Å². The Balaban J connectivity index is 1.45. The van der Waals surface area contributed by atoms with Gasteiger partial charge in [-0.3, -0.25) is 9.59 Å². The van der Waals surface area contributed by atoms with E-state index in [1.807, 2.05) is 38.1 Å². The molecule has 3 aromatic rings. The standard InChI is InChI=1S/C23H26N4O3S/c1-14-19(12-24-22(29)20-13-31-15(2)25-20)27-23(30-14)17-9-5-6-10-18(17)26-21(28)11-16-7-3-4-8-16/h5-6,9-10,13,16H,3-4,7-8,11-12H2,1-2H3,(H,24,29)(H,26,28). The number of nitrogens with one attached hydrogen (secondary N) is 2. The molecule has 1 fully saturated rings. The molecule has 4 rings (SSSR count). The summed E-state index contributed by atoms with van der Waals surface area (Å²) in [6.45, 7) is 3.91. The lowest BCUT2D eigenvalue weighted by Crippen LogP contribution is -2.23. The van der Waals surface area contributed by atoms with Gasteiger partial charge in [0.15, 0.2) is 0 Å². The number of hydrogen-bond donors (Lipinski definition) is 2. The summed E-state index contributed by atoms with van der Waals surface area (Å²) >= 11 is 1.43. The Labute approximate surface area is 185 Å². The van der Waals surface area contributed by atoms with E-state index in [0.717, 1.165) is 23.4 Å². The molecule has 0 aliphatic heterocycles. The maximum atomic E-state index is 12.5. The Morgan fingerprint density at radius 1 is 1.16 bits per heavy atom. The summed E-state index contributed by atoms with van der Waals surface area (Å²) in [4.78, 5) is 33.6. The van der Waals surface area contributed by atoms with Crippen molar-refractivity contribution in [3.05, 3.63) is 51.8 Å². The van der Waals surface area contributed by atoms with Crippen LogP contribution in [0.25, 0.3) is 11.5 Å². The molecule has 0 radical (unpaired) electrons. The zero-order valence-corrected chi connectivity index (χ0v) is 18.6. The lowest BCUT2D eigenvalue weighted by molar-refractivity contribution is -0.117. The molecular weight excluding hydrogens is 412 g/mol. The van der Waals surface area contributed by atoms with Gasteiger partial charge in [-0.1, -0.05) is 25.0 Å². The van der Waals surface area contributed by atoms with Gasteiger partial charge in [0.1, 0.15) is 17.1 Å². The van der Waals surface area contributed by atoms with Crippen LogP contribution in [0.15, 0.2) is 34.1 Å². The van der Waals surface area contributed by atoms with Gasteiger partial charge in [-0.25, -0.2) is 9.97 Å². The smallest absolute Gasteiger partial charge is 0.271 e. The van der Waals surface area contributed by atoms with Crippen molar-refractivity contribution >= 4 is 28.8 Å². The van der Waals surface area contributed by atoms with Gasteiger partial charge in [0.2, 0.25) is 11.8 Å². The number of hydrogen-bond acceptors (Lipinski definition) is 6. The number of carbonyl (C=O) groups excluding carboxylic acids is 2. The van der Waals surface area contributed by atoms with Gasteiger partial charge in [0.05, 0.1) is 22.8 Å². The molecule has 2 heterocycles. The molecule has 2 amide bonds. The maximum absolute atomic E-state index is 12.5. The van der Waals surface area contributed by atoms with Crippen molar-refractivity contribution in [2.24, 2.45) is 5.92 Å². The third-order valence-corrected chi connectivity index (χ3v) is 6.31. The molecule has 0 bridgehead atoms. The number of benzene rings is 1. The summed E-state index contributed by atoms with van der Waals surface area (Å²) in [6.07, 6.45) is 5.23. The Morgan fingerprint density at radius 2 is 1.94 bits per heavy atom. The summed E-state index contributed by atoms with van der Waals surface area (Å²) < 4.78 is 5.87. The third-order valence-electron chi connectivity index (χ3n) is 5.54.